The van der Waals surface area contributed by atoms with Gasteiger partial charge in [-0.3, -0.25) is 4.79 Å². The highest BCUT2D eigenvalue weighted by molar-refractivity contribution is 6.79. The summed E-state index contributed by atoms with van der Waals surface area (Å²) in [4.78, 5) is 10.9. The van der Waals surface area contributed by atoms with E-state index >= 15 is 0 Å². The molecule has 0 aliphatic carbocycles. The number of carbonyl (C=O) groups is 1. The second kappa shape index (κ2) is 4.09. The van der Waals surface area contributed by atoms with Crippen LogP contribution in [0.1, 0.15) is 31.1 Å². The first kappa shape index (κ1) is 13.1. The van der Waals surface area contributed by atoms with Crippen LogP contribution in [0.2, 0.25) is 18.1 Å². The van der Waals surface area contributed by atoms with Crippen LogP contribution in [-0.4, -0.2) is 18.8 Å². The van der Waals surface area contributed by atoms with Crippen LogP contribution in [0.5, 0.6) is 0 Å². The maximum atomic E-state index is 10.9. The van der Waals surface area contributed by atoms with Gasteiger partial charge in [0.2, 0.25) is 0 Å². The van der Waals surface area contributed by atoms with Gasteiger partial charge in [0.25, 0.3) is 0 Å². The third-order valence-electron chi connectivity index (χ3n) is 4.29. The fourth-order valence-corrected chi connectivity index (χ4v) is 4.03. The Balaban J connectivity index is 2.68. The Morgan fingerprint density at radius 3 is 2.39 bits per heavy atom. The zero-order valence-electron chi connectivity index (χ0n) is 11.8. The molecule has 0 amide bonds. The maximum absolute atomic E-state index is 10.9. The van der Waals surface area contributed by atoms with E-state index in [1.165, 1.54) is 10.9 Å². The Kier molecular flexibility index (Phi) is 2.97. The third kappa shape index (κ3) is 1.92. The van der Waals surface area contributed by atoms with Crippen LogP contribution >= 0.6 is 0 Å². The van der Waals surface area contributed by atoms with Gasteiger partial charge in [0.15, 0.2) is 8.24 Å². The normalized spacial score (nSPS) is 12.9. The summed E-state index contributed by atoms with van der Waals surface area (Å²) in [5.41, 5.74) is 1.94. The quantitative estimate of drug-likeness (QED) is 0.582. The average molecular weight is 259 g/mol. The Bertz CT molecular complexity index is 590. The van der Waals surface area contributed by atoms with E-state index in [4.69, 9.17) is 0 Å². The molecule has 2 aromatic rings. The molecular weight excluding hydrogens is 238 g/mol. The molecule has 0 unspecified atom stereocenters. The van der Waals surface area contributed by atoms with Crippen LogP contribution in [0.25, 0.3) is 10.9 Å². The number of rotatable bonds is 2. The van der Waals surface area contributed by atoms with Gasteiger partial charge in [-0.25, -0.2) is 0 Å². The van der Waals surface area contributed by atoms with E-state index in [1.807, 2.05) is 18.2 Å². The molecule has 96 valence electrons. The number of hydrogen-bond donors (Lipinski definition) is 0. The highest BCUT2D eigenvalue weighted by Crippen LogP contribution is 2.38. The molecule has 0 N–H and O–H groups in total. The van der Waals surface area contributed by atoms with Gasteiger partial charge in [-0.1, -0.05) is 46.0 Å². The predicted molar refractivity (Wildman–Crippen MR) is 79.9 cm³/mol. The molecule has 1 heterocycles. The lowest BCUT2D eigenvalue weighted by atomic mass is 10.2. The third-order valence-corrected chi connectivity index (χ3v) is 9.56. The first-order valence-corrected chi connectivity index (χ1v) is 9.29. The number of aldehydes is 1. The lowest BCUT2D eigenvalue weighted by Crippen LogP contribution is -2.44. The summed E-state index contributed by atoms with van der Waals surface area (Å²) in [7, 11) is -1.63. The van der Waals surface area contributed by atoms with Crippen molar-refractivity contribution >= 4 is 25.4 Å². The fourth-order valence-electron chi connectivity index (χ4n) is 2.07. The van der Waals surface area contributed by atoms with Crippen molar-refractivity contribution in [2.24, 2.45) is 0 Å². The van der Waals surface area contributed by atoms with E-state index in [0.717, 1.165) is 11.8 Å². The van der Waals surface area contributed by atoms with Crippen LogP contribution in [0, 0.1) is 0 Å². The Morgan fingerprint density at radius 1 is 1.17 bits per heavy atom. The number of carbonyl (C=O) groups excluding carboxylic acids is 1. The molecule has 1 aromatic heterocycles. The second-order valence-electron chi connectivity index (χ2n) is 6.43. The topological polar surface area (TPSA) is 22.0 Å². The maximum Gasteiger partial charge on any atom is 0.161 e. The zero-order chi connectivity index (χ0) is 13.6. The van der Waals surface area contributed by atoms with E-state index in [9.17, 15) is 4.79 Å². The van der Waals surface area contributed by atoms with Crippen LogP contribution < -0.4 is 0 Å². The van der Waals surface area contributed by atoms with E-state index in [0.29, 0.717) is 0 Å². The van der Waals surface area contributed by atoms with E-state index in [-0.39, 0.29) is 5.04 Å². The standard InChI is InChI=1S/C15H21NOSi/c1-15(2,3)18(4,5)16-9-8-13-7-6-12(11-17)10-14(13)16/h6-11H,1-5H3. The molecule has 0 radical (unpaired) electrons. The van der Waals surface area contributed by atoms with Crippen molar-refractivity contribution in [1.29, 1.82) is 0 Å². The van der Waals surface area contributed by atoms with Gasteiger partial charge in [-0.15, -0.1) is 0 Å². The van der Waals surface area contributed by atoms with Gasteiger partial charge < -0.3 is 4.23 Å². The Hall–Kier alpha value is -1.35. The molecule has 0 atom stereocenters. The van der Waals surface area contributed by atoms with Crippen molar-refractivity contribution in [1.82, 2.24) is 4.23 Å². The summed E-state index contributed by atoms with van der Waals surface area (Å²) in [5.74, 6) is 0. The van der Waals surface area contributed by atoms with Gasteiger partial charge in [0, 0.05) is 11.1 Å². The monoisotopic (exact) mass is 259 g/mol. The summed E-state index contributed by atoms with van der Waals surface area (Å²) in [6, 6.07) is 8.06. The molecule has 2 nitrogen and oxygen atoms in total. The second-order valence-corrected chi connectivity index (χ2v) is 11.5. The minimum atomic E-state index is -1.63. The van der Waals surface area contributed by atoms with Crippen molar-refractivity contribution in [3.05, 3.63) is 36.0 Å². The Morgan fingerprint density at radius 2 is 1.83 bits per heavy atom. The molecule has 0 fully saturated rings. The smallest absolute Gasteiger partial charge is 0.161 e. The molecule has 0 saturated heterocycles. The van der Waals surface area contributed by atoms with Gasteiger partial charge in [-0.05, 0) is 28.8 Å². The van der Waals surface area contributed by atoms with Gasteiger partial charge in [-0.2, -0.15) is 0 Å². The van der Waals surface area contributed by atoms with Crippen LogP contribution in [0.15, 0.2) is 30.5 Å². The van der Waals surface area contributed by atoms with Crippen LogP contribution in [-0.2, 0) is 0 Å². The summed E-state index contributed by atoms with van der Waals surface area (Å²) in [6.07, 6.45) is 3.10. The van der Waals surface area contributed by atoms with Crippen molar-refractivity contribution < 1.29 is 4.79 Å². The fraction of sp³-hybridized carbons (Fsp3) is 0.400. The number of fused-ring (bicyclic) bond motifs is 1. The summed E-state index contributed by atoms with van der Waals surface area (Å²) >= 11 is 0. The Labute approximate surface area is 110 Å². The van der Waals surface area contributed by atoms with Gasteiger partial charge in [0.05, 0.1) is 0 Å². The van der Waals surface area contributed by atoms with Crippen LogP contribution in [0.4, 0.5) is 0 Å². The number of benzene rings is 1. The van der Waals surface area contributed by atoms with Crippen molar-refractivity contribution in [3.63, 3.8) is 0 Å². The number of hydrogen-bond acceptors (Lipinski definition) is 1. The molecule has 0 aliphatic heterocycles. The van der Waals surface area contributed by atoms with Crippen molar-refractivity contribution in [2.45, 2.75) is 38.9 Å². The minimum absolute atomic E-state index is 0.274. The highest BCUT2D eigenvalue weighted by Gasteiger charge is 2.37. The van der Waals surface area contributed by atoms with Gasteiger partial charge >= 0.3 is 0 Å². The molecule has 0 bridgehead atoms. The first-order chi connectivity index (χ1) is 8.27. The number of aromatic nitrogens is 1. The van der Waals surface area contributed by atoms with Crippen molar-refractivity contribution in [3.8, 4) is 0 Å². The largest absolute Gasteiger partial charge is 0.374 e. The molecule has 1 aromatic carbocycles. The summed E-state index contributed by atoms with van der Waals surface area (Å²) in [5, 5.41) is 1.49. The molecule has 3 heteroatoms. The van der Waals surface area contributed by atoms with E-state index < -0.39 is 8.24 Å². The lowest BCUT2D eigenvalue weighted by Gasteiger charge is -2.38. The molecule has 18 heavy (non-hydrogen) atoms. The highest BCUT2D eigenvalue weighted by atomic mass is 28.3. The SMILES string of the molecule is CC(C)(C)[Si](C)(C)n1ccc2ccc(C=O)cc21. The van der Waals surface area contributed by atoms with E-state index in [2.05, 4.69) is 50.4 Å². The minimum Gasteiger partial charge on any atom is -0.374 e. The van der Waals surface area contributed by atoms with Crippen LogP contribution in [0.3, 0.4) is 0 Å². The number of nitrogens with zero attached hydrogens (tertiary/aromatic N) is 1. The van der Waals surface area contributed by atoms with E-state index in [1.54, 1.807) is 0 Å². The lowest BCUT2D eigenvalue weighted by molar-refractivity contribution is 0.112. The van der Waals surface area contributed by atoms with Crippen molar-refractivity contribution in [2.75, 3.05) is 0 Å². The zero-order valence-corrected chi connectivity index (χ0v) is 12.8. The molecule has 0 saturated carbocycles. The van der Waals surface area contributed by atoms with Gasteiger partial charge in [0.1, 0.15) is 6.29 Å². The molecular formula is C15H21NOSi. The summed E-state index contributed by atoms with van der Waals surface area (Å²) < 4.78 is 2.41. The molecule has 0 aliphatic rings. The first-order valence-electron chi connectivity index (χ1n) is 6.34. The molecule has 0 spiro atoms. The average Bonchev–Trinajstić information content (AvgIpc) is 2.70. The summed E-state index contributed by atoms with van der Waals surface area (Å²) in [6.45, 7) is 11.7. The molecule has 2 rings (SSSR count). The predicted octanol–water partition coefficient (Wildman–Crippen LogP) is 4.31.